The highest BCUT2D eigenvalue weighted by Crippen LogP contribution is 2.18. The van der Waals surface area contributed by atoms with Crippen LogP contribution in [0.15, 0.2) is 58.4 Å². The highest BCUT2D eigenvalue weighted by molar-refractivity contribution is 7.89. The number of fused-ring (bicyclic) bond motifs is 1. The molecule has 1 fully saturated rings. The zero-order chi connectivity index (χ0) is 21.3. The van der Waals surface area contributed by atoms with Crippen molar-refractivity contribution >= 4 is 37.5 Å². The van der Waals surface area contributed by atoms with E-state index in [4.69, 9.17) is 0 Å². The van der Waals surface area contributed by atoms with Crippen molar-refractivity contribution in [1.29, 1.82) is 0 Å². The monoisotopic (exact) mass is 444 g/mol. The molecule has 0 radical (unpaired) electrons. The molecule has 1 amide bonds. The maximum absolute atomic E-state index is 12.8. The smallest absolute Gasteiger partial charge is 0.262 e. The molecule has 1 aromatic heterocycles. The summed E-state index contributed by atoms with van der Waals surface area (Å²) in [6.45, 7) is 3.85. The van der Waals surface area contributed by atoms with Gasteiger partial charge in [0.1, 0.15) is 0 Å². The van der Waals surface area contributed by atoms with Gasteiger partial charge in [-0.1, -0.05) is 41.2 Å². The average Bonchev–Trinajstić information content (AvgIpc) is 3.04. The number of thiazole rings is 1. The fourth-order valence-electron chi connectivity index (χ4n) is 3.51. The van der Waals surface area contributed by atoms with Crippen molar-refractivity contribution in [3.05, 3.63) is 58.9 Å². The van der Waals surface area contributed by atoms with E-state index in [1.165, 1.54) is 15.6 Å². The largest absolute Gasteiger partial charge is 0.319 e. The molecule has 0 aliphatic carbocycles. The number of aromatic nitrogens is 1. The summed E-state index contributed by atoms with van der Waals surface area (Å²) in [5, 5.41) is 0. The molecule has 9 heteroatoms. The number of aryl methyl sites for hydroxylation is 2. The summed E-state index contributed by atoms with van der Waals surface area (Å²) in [6, 6.07) is 14.8. The maximum Gasteiger partial charge on any atom is 0.262 e. The van der Waals surface area contributed by atoms with Gasteiger partial charge in [-0.2, -0.15) is 9.30 Å². The van der Waals surface area contributed by atoms with Crippen molar-refractivity contribution in [3.8, 4) is 0 Å². The molecule has 0 atom stereocenters. The van der Waals surface area contributed by atoms with E-state index >= 15 is 0 Å². The van der Waals surface area contributed by atoms with Crippen LogP contribution in [0.2, 0.25) is 0 Å². The molecule has 3 aromatic rings. The van der Waals surface area contributed by atoms with Gasteiger partial charge in [0.2, 0.25) is 10.0 Å². The number of piperazine rings is 1. The minimum absolute atomic E-state index is 0.187. The van der Waals surface area contributed by atoms with Crippen LogP contribution in [0.25, 0.3) is 10.2 Å². The molecule has 1 aliphatic heterocycles. The highest BCUT2D eigenvalue weighted by atomic mass is 32.2. The van der Waals surface area contributed by atoms with Gasteiger partial charge in [0.05, 0.1) is 21.7 Å². The first-order valence-electron chi connectivity index (χ1n) is 9.76. The van der Waals surface area contributed by atoms with Gasteiger partial charge >= 0.3 is 0 Å². The van der Waals surface area contributed by atoms with E-state index in [1.807, 2.05) is 47.7 Å². The van der Waals surface area contributed by atoms with Gasteiger partial charge in [-0.05, 0) is 31.2 Å². The summed E-state index contributed by atoms with van der Waals surface area (Å²) in [5.74, 6) is -0.216. The van der Waals surface area contributed by atoms with Gasteiger partial charge in [-0.25, -0.2) is 8.42 Å². The van der Waals surface area contributed by atoms with Crippen molar-refractivity contribution < 1.29 is 13.2 Å². The molecule has 30 heavy (non-hydrogen) atoms. The quantitative estimate of drug-likeness (QED) is 0.617. The fraction of sp³-hybridized carbons (Fsp3) is 0.333. The molecule has 7 nitrogen and oxygen atoms in total. The molecule has 0 saturated carbocycles. The lowest BCUT2D eigenvalue weighted by atomic mass is 10.2. The van der Waals surface area contributed by atoms with Crippen molar-refractivity contribution in [2.45, 2.75) is 11.8 Å². The Labute approximate surface area is 179 Å². The van der Waals surface area contributed by atoms with E-state index < -0.39 is 10.0 Å². The number of para-hydroxylation sites is 1. The van der Waals surface area contributed by atoms with E-state index in [9.17, 15) is 13.2 Å². The lowest BCUT2D eigenvalue weighted by molar-refractivity contribution is -0.119. The van der Waals surface area contributed by atoms with Crippen LogP contribution in [0.4, 0.5) is 0 Å². The number of carbonyl (C=O) groups excluding carboxylic acids is 1. The summed E-state index contributed by atoms with van der Waals surface area (Å²) in [4.78, 5) is 19.7. The topological polar surface area (TPSA) is 75.0 Å². The second kappa shape index (κ2) is 8.43. The summed E-state index contributed by atoms with van der Waals surface area (Å²) >= 11 is 1.49. The van der Waals surface area contributed by atoms with Crippen LogP contribution in [0.5, 0.6) is 0 Å². The predicted molar refractivity (Wildman–Crippen MR) is 118 cm³/mol. The van der Waals surface area contributed by atoms with Crippen LogP contribution in [-0.4, -0.2) is 60.8 Å². The van der Waals surface area contributed by atoms with E-state index in [0.717, 1.165) is 15.8 Å². The van der Waals surface area contributed by atoms with Crippen molar-refractivity contribution in [2.75, 3.05) is 32.7 Å². The molecule has 0 spiro atoms. The number of nitrogens with zero attached hydrogens (tertiary/aromatic N) is 4. The Hall–Kier alpha value is -2.33. The Bertz CT molecular complexity index is 1240. The minimum atomic E-state index is -3.50. The summed E-state index contributed by atoms with van der Waals surface area (Å²) in [5.41, 5.74) is 2.07. The predicted octanol–water partition coefficient (Wildman–Crippen LogP) is 1.98. The second-order valence-corrected chi connectivity index (χ2v) is 10.4. The van der Waals surface area contributed by atoms with Crippen molar-refractivity contribution in [3.63, 3.8) is 0 Å². The van der Waals surface area contributed by atoms with E-state index in [-0.39, 0.29) is 12.5 Å². The average molecular weight is 445 g/mol. The van der Waals surface area contributed by atoms with Crippen LogP contribution in [0, 0.1) is 6.92 Å². The third-order valence-electron chi connectivity index (χ3n) is 5.28. The number of carbonyl (C=O) groups is 1. The van der Waals surface area contributed by atoms with Gasteiger partial charge < -0.3 is 4.57 Å². The van der Waals surface area contributed by atoms with Crippen LogP contribution in [0.3, 0.4) is 0 Å². The lowest BCUT2D eigenvalue weighted by Gasteiger charge is -2.33. The molecule has 1 aliphatic rings. The molecular weight excluding hydrogens is 420 g/mol. The zero-order valence-corrected chi connectivity index (χ0v) is 18.6. The Kier molecular flexibility index (Phi) is 5.88. The summed E-state index contributed by atoms with van der Waals surface area (Å²) < 4.78 is 30.1. The van der Waals surface area contributed by atoms with E-state index in [2.05, 4.69) is 4.99 Å². The Morgan fingerprint density at radius 3 is 2.37 bits per heavy atom. The molecule has 2 heterocycles. The van der Waals surface area contributed by atoms with E-state index in [0.29, 0.717) is 35.9 Å². The Balaban J connectivity index is 1.40. The van der Waals surface area contributed by atoms with E-state index in [1.54, 1.807) is 24.3 Å². The second-order valence-electron chi connectivity index (χ2n) is 7.41. The fourth-order valence-corrected chi connectivity index (χ4v) is 5.97. The summed E-state index contributed by atoms with van der Waals surface area (Å²) in [7, 11) is -1.60. The van der Waals surface area contributed by atoms with Gasteiger partial charge in [0, 0.05) is 33.2 Å². The molecular formula is C21H24N4O3S2. The number of sulfonamides is 1. The Morgan fingerprint density at radius 2 is 1.70 bits per heavy atom. The third-order valence-corrected chi connectivity index (χ3v) is 8.31. The SMILES string of the molecule is Cc1ccc(S(=O)(=O)N2CCN(CC(=O)N=c3sc4ccccc4n3C)CC2)cc1. The minimum Gasteiger partial charge on any atom is -0.319 e. The number of benzene rings is 2. The van der Waals surface area contributed by atoms with Gasteiger partial charge in [-0.3, -0.25) is 9.69 Å². The number of amides is 1. The van der Waals surface area contributed by atoms with Gasteiger partial charge in [0.15, 0.2) is 4.80 Å². The third kappa shape index (κ3) is 4.24. The van der Waals surface area contributed by atoms with Crippen LogP contribution >= 0.6 is 11.3 Å². The molecule has 0 bridgehead atoms. The van der Waals surface area contributed by atoms with Crippen molar-refractivity contribution in [2.24, 2.45) is 12.0 Å². The normalized spacial score (nSPS) is 16.9. The zero-order valence-electron chi connectivity index (χ0n) is 17.0. The molecule has 2 aromatic carbocycles. The van der Waals surface area contributed by atoms with Gasteiger partial charge in [0.25, 0.3) is 5.91 Å². The molecule has 1 saturated heterocycles. The van der Waals surface area contributed by atoms with Crippen LogP contribution in [-0.2, 0) is 21.9 Å². The molecule has 4 rings (SSSR count). The van der Waals surface area contributed by atoms with Gasteiger partial charge in [-0.15, -0.1) is 0 Å². The lowest BCUT2D eigenvalue weighted by Crippen LogP contribution is -2.49. The number of rotatable bonds is 4. The number of hydrogen-bond donors (Lipinski definition) is 0. The standard InChI is InChI=1S/C21H24N4O3S2/c1-16-7-9-17(10-8-16)30(27,28)25-13-11-24(12-14-25)15-20(26)22-21-23(2)18-5-3-4-6-19(18)29-21/h3-10H,11-15H2,1-2H3. The Morgan fingerprint density at radius 1 is 1.03 bits per heavy atom. The van der Waals surface area contributed by atoms with Crippen molar-refractivity contribution in [1.82, 2.24) is 13.8 Å². The molecule has 0 N–H and O–H groups in total. The molecule has 158 valence electrons. The summed E-state index contributed by atoms with van der Waals surface area (Å²) in [6.07, 6.45) is 0. The molecule has 0 unspecified atom stereocenters. The number of hydrogen-bond acceptors (Lipinski definition) is 5. The first-order chi connectivity index (χ1) is 14.3. The highest BCUT2D eigenvalue weighted by Gasteiger charge is 2.28. The first-order valence-corrected chi connectivity index (χ1v) is 12.0. The maximum atomic E-state index is 12.8. The van der Waals surface area contributed by atoms with Crippen LogP contribution in [0.1, 0.15) is 5.56 Å². The van der Waals surface area contributed by atoms with Crippen LogP contribution < -0.4 is 4.80 Å². The first kappa shape index (κ1) is 20.9.